The lowest BCUT2D eigenvalue weighted by atomic mass is 9.77. The van der Waals surface area contributed by atoms with Gasteiger partial charge >= 0.3 is 0 Å². The Kier molecular flexibility index (Phi) is 9.04. The van der Waals surface area contributed by atoms with Crippen LogP contribution in [-0.2, 0) is 4.79 Å². The van der Waals surface area contributed by atoms with Gasteiger partial charge in [0, 0.05) is 36.9 Å². The Balaban J connectivity index is 1.42. The molecule has 0 spiro atoms. The number of amides is 2. The molecule has 1 aliphatic heterocycles. The zero-order valence-corrected chi connectivity index (χ0v) is 23.7. The summed E-state index contributed by atoms with van der Waals surface area (Å²) in [6.45, 7) is 4.50. The molecule has 1 N–H and O–H groups in total. The van der Waals surface area contributed by atoms with Crippen molar-refractivity contribution in [1.29, 1.82) is 0 Å². The van der Waals surface area contributed by atoms with E-state index in [9.17, 15) is 9.59 Å². The maximum absolute atomic E-state index is 14.1. The average molecular weight is 540 g/mol. The van der Waals surface area contributed by atoms with E-state index in [2.05, 4.69) is 41.4 Å². The van der Waals surface area contributed by atoms with Crippen LogP contribution in [0.3, 0.4) is 0 Å². The summed E-state index contributed by atoms with van der Waals surface area (Å²) in [7, 11) is 1.65. The second-order valence-corrected chi connectivity index (χ2v) is 10.8. The first kappa shape index (κ1) is 27.8. The van der Waals surface area contributed by atoms with Gasteiger partial charge in [0.05, 0.1) is 19.1 Å². The quantitative estimate of drug-likeness (QED) is 0.305. The van der Waals surface area contributed by atoms with E-state index >= 15 is 0 Å². The first-order valence-corrected chi connectivity index (χ1v) is 14.8. The minimum Gasteiger partial charge on any atom is -0.497 e. The number of nitrogens with zero attached hydrogens (tertiary/aromatic N) is 2. The molecule has 1 fully saturated rings. The van der Waals surface area contributed by atoms with E-state index in [-0.39, 0.29) is 23.9 Å². The SMILES string of the molecule is CCN(CCCNC(=O)[C@@H]1c2ccccc2C(=O)N(C2CCCCC2)[C@H]1c1ccc(OC)cc1)c1ccccc1. The molecule has 6 heteroatoms. The normalized spacial score (nSPS) is 19.1. The van der Waals surface area contributed by atoms with Crippen molar-refractivity contribution in [2.24, 2.45) is 0 Å². The minimum absolute atomic E-state index is 0.0238. The third-order valence-electron chi connectivity index (χ3n) is 8.49. The van der Waals surface area contributed by atoms with Gasteiger partial charge in [0.1, 0.15) is 5.75 Å². The number of carbonyl (C=O) groups is 2. The molecule has 2 amide bonds. The molecule has 5 rings (SSSR count). The molecule has 0 radical (unpaired) electrons. The highest BCUT2D eigenvalue weighted by molar-refractivity contribution is 6.01. The summed E-state index contributed by atoms with van der Waals surface area (Å²) in [6, 6.07) is 25.7. The number of hydrogen-bond donors (Lipinski definition) is 1. The topological polar surface area (TPSA) is 61.9 Å². The van der Waals surface area contributed by atoms with Crippen LogP contribution in [0.4, 0.5) is 5.69 Å². The van der Waals surface area contributed by atoms with Crippen molar-refractivity contribution in [2.75, 3.05) is 31.6 Å². The number of benzene rings is 3. The fraction of sp³-hybridized carbons (Fsp3) is 0.412. The van der Waals surface area contributed by atoms with E-state index in [1.807, 2.05) is 59.5 Å². The van der Waals surface area contributed by atoms with E-state index in [4.69, 9.17) is 4.74 Å². The second kappa shape index (κ2) is 13.0. The molecular weight excluding hydrogens is 498 g/mol. The number of hydrogen-bond acceptors (Lipinski definition) is 4. The van der Waals surface area contributed by atoms with Crippen molar-refractivity contribution < 1.29 is 14.3 Å². The van der Waals surface area contributed by atoms with Gasteiger partial charge < -0.3 is 19.9 Å². The monoisotopic (exact) mass is 539 g/mol. The van der Waals surface area contributed by atoms with Crippen LogP contribution < -0.4 is 15.0 Å². The maximum Gasteiger partial charge on any atom is 0.254 e. The van der Waals surface area contributed by atoms with E-state index in [0.717, 1.165) is 62.1 Å². The lowest BCUT2D eigenvalue weighted by Crippen LogP contribution is -2.52. The molecule has 1 saturated carbocycles. The highest BCUT2D eigenvalue weighted by atomic mass is 16.5. The first-order valence-electron chi connectivity index (χ1n) is 14.8. The van der Waals surface area contributed by atoms with E-state index < -0.39 is 5.92 Å². The Morgan fingerprint density at radius 1 is 0.950 bits per heavy atom. The van der Waals surface area contributed by atoms with Gasteiger partial charge in [0.2, 0.25) is 5.91 Å². The number of fused-ring (bicyclic) bond motifs is 1. The highest BCUT2D eigenvalue weighted by Crippen LogP contribution is 2.46. The summed E-state index contributed by atoms with van der Waals surface area (Å²) in [6.07, 6.45) is 6.20. The molecule has 0 saturated heterocycles. The Morgan fingerprint density at radius 2 is 1.65 bits per heavy atom. The summed E-state index contributed by atoms with van der Waals surface area (Å²) in [5.74, 6) is 0.286. The first-order chi connectivity index (χ1) is 19.6. The molecule has 3 aromatic rings. The minimum atomic E-state index is -0.486. The molecule has 6 nitrogen and oxygen atoms in total. The standard InChI is InChI=1S/C34H41N3O3/c1-3-36(26-13-6-4-7-14-26)24-12-23-35-33(38)31-29-17-10-11-18-30(29)34(39)37(27-15-8-5-9-16-27)32(31)25-19-21-28(40-2)22-20-25/h4,6-7,10-11,13-14,17-22,27,31-32H,3,5,8-9,12,15-16,23-24H2,1-2H3,(H,35,38)/t31-,32+/m1/s1. The Hall–Kier alpha value is -3.80. The molecule has 2 aliphatic rings. The molecule has 1 heterocycles. The van der Waals surface area contributed by atoms with Gasteiger partial charge in [-0.3, -0.25) is 9.59 Å². The Labute approximate surface area is 238 Å². The predicted octanol–water partition coefficient (Wildman–Crippen LogP) is 6.34. The van der Waals surface area contributed by atoms with Crippen LogP contribution in [0.2, 0.25) is 0 Å². The lowest BCUT2D eigenvalue weighted by Gasteiger charge is -2.46. The number of rotatable bonds is 10. The number of carbonyl (C=O) groups excluding carboxylic acids is 2. The Morgan fingerprint density at radius 3 is 2.35 bits per heavy atom. The van der Waals surface area contributed by atoms with Crippen LogP contribution >= 0.6 is 0 Å². The van der Waals surface area contributed by atoms with Crippen molar-refractivity contribution >= 4 is 17.5 Å². The summed E-state index contributed by atoms with van der Waals surface area (Å²) in [5.41, 5.74) is 3.63. The van der Waals surface area contributed by atoms with E-state index in [1.54, 1.807) is 7.11 Å². The molecule has 210 valence electrons. The summed E-state index contributed by atoms with van der Waals surface area (Å²) in [4.78, 5) is 32.5. The number of methoxy groups -OCH3 is 1. The smallest absolute Gasteiger partial charge is 0.254 e. The van der Waals surface area contributed by atoms with Crippen LogP contribution in [0.25, 0.3) is 0 Å². The van der Waals surface area contributed by atoms with E-state index in [0.29, 0.717) is 12.1 Å². The predicted molar refractivity (Wildman–Crippen MR) is 160 cm³/mol. The molecule has 0 bridgehead atoms. The van der Waals surface area contributed by atoms with Gasteiger partial charge in [-0.05, 0) is 67.6 Å². The van der Waals surface area contributed by atoms with Gasteiger partial charge in [-0.1, -0.05) is 67.8 Å². The third-order valence-corrected chi connectivity index (χ3v) is 8.49. The zero-order valence-electron chi connectivity index (χ0n) is 23.7. The van der Waals surface area contributed by atoms with Gasteiger partial charge in [-0.2, -0.15) is 0 Å². The number of nitrogens with one attached hydrogen (secondary N) is 1. The Bertz CT molecular complexity index is 1270. The zero-order chi connectivity index (χ0) is 27.9. The van der Waals surface area contributed by atoms with Crippen molar-refractivity contribution in [1.82, 2.24) is 10.2 Å². The summed E-state index contributed by atoms with van der Waals surface area (Å²) in [5, 5.41) is 3.26. The molecular formula is C34H41N3O3. The number of anilines is 1. The van der Waals surface area contributed by atoms with Crippen LogP contribution in [0.1, 0.15) is 78.9 Å². The fourth-order valence-corrected chi connectivity index (χ4v) is 6.45. The molecule has 0 aromatic heterocycles. The van der Waals surface area contributed by atoms with Crippen molar-refractivity contribution in [3.05, 3.63) is 95.6 Å². The average Bonchev–Trinajstić information content (AvgIpc) is 3.02. The highest BCUT2D eigenvalue weighted by Gasteiger charge is 2.46. The summed E-state index contributed by atoms with van der Waals surface area (Å²) < 4.78 is 5.41. The van der Waals surface area contributed by atoms with Gasteiger partial charge in [-0.15, -0.1) is 0 Å². The fourth-order valence-electron chi connectivity index (χ4n) is 6.45. The third kappa shape index (κ3) is 5.86. The van der Waals surface area contributed by atoms with Crippen molar-refractivity contribution in [3.8, 4) is 5.75 Å². The molecule has 40 heavy (non-hydrogen) atoms. The molecule has 0 unspecified atom stereocenters. The number of ether oxygens (including phenoxy) is 1. The molecule has 3 aromatic carbocycles. The van der Waals surface area contributed by atoms with Gasteiger partial charge in [0.25, 0.3) is 5.91 Å². The molecule has 1 aliphatic carbocycles. The van der Waals surface area contributed by atoms with Crippen LogP contribution in [0.5, 0.6) is 5.75 Å². The van der Waals surface area contributed by atoms with E-state index in [1.165, 1.54) is 12.1 Å². The van der Waals surface area contributed by atoms with Crippen molar-refractivity contribution in [3.63, 3.8) is 0 Å². The van der Waals surface area contributed by atoms with Gasteiger partial charge in [0.15, 0.2) is 0 Å². The van der Waals surface area contributed by atoms with Gasteiger partial charge in [-0.25, -0.2) is 0 Å². The van der Waals surface area contributed by atoms with Crippen LogP contribution in [0, 0.1) is 0 Å². The lowest BCUT2D eigenvalue weighted by molar-refractivity contribution is -0.124. The molecule has 2 atom stereocenters. The number of para-hydroxylation sites is 1. The van der Waals surface area contributed by atoms with Crippen LogP contribution in [0.15, 0.2) is 78.9 Å². The second-order valence-electron chi connectivity index (χ2n) is 10.8. The van der Waals surface area contributed by atoms with Crippen molar-refractivity contribution in [2.45, 2.75) is 63.5 Å². The largest absolute Gasteiger partial charge is 0.497 e. The summed E-state index contributed by atoms with van der Waals surface area (Å²) >= 11 is 0. The maximum atomic E-state index is 14.1. The van der Waals surface area contributed by atoms with Crippen LogP contribution in [-0.4, -0.2) is 49.5 Å².